The van der Waals surface area contributed by atoms with Crippen molar-refractivity contribution in [3.05, 3.63) is 42.3 Å². The number of esters is 1. The summed E-state index contributed by atoms with van der Waals surface area (Å²) in [4.78, 5) is 12.3. The highest BCUT2D eigenvalue weighted by molar-refractivity contribution is 5.81. The molecule has 0 N–H and O–H groups in total. The molecule has 2 atom stereocenters. The van der Waals surface area contributed by atoms with Crippen molar-refractivity contribution in [2.24, 2.45) is 16.7 Å². The lowest BCUT2D eigenvalue weighted by Gasteiger charge is -2.32. The number of hydrogen-bond acceptors (Lipinski definition) is 2. The fourth-order valence-electron chi connectivity index (χ4n) is 3.22. The van der Waals surface area contributed by atoms with Crippen LogP contribution in [0.3, 0.4) is 0 Å². The Morgan fingerprint density at radius 1 is 1.26 bits per heavy atom. The van der Waals surface area contributed by atoms with Crippen molar-refractivity contribution in [2.75, 3.05) is 0 Å². The van der Waals surface area contributed by atoms with E-state index in [0.29, 0.717) is 12.5 Å². The molecule has 2 fully saturated rings. The second-order valence-electron chi connectivity index (χ2n) is 6.68. The summed E-state index contributed by atoms with van der Waals surface area (Å²) in [7, 11) is 0. The molecule has 0 bridgehead atoms. The Labute approximate surface area is 115 Å². The molecule has 0 heterocycles. The van der Waals surface area contributed by atoms with Crippen molar-refractivity contribution in [1.82, 2.24) is 0 Å². The molecule has 2 unspecified atom stereocenters. The predicted molar refractivity (Wildman–Crippen MR) is 74.1 cm³/mol. The largest absolute Gasteiger partial charge is 0.460 e. The van der Waals surface area contributed by atoms with E-state index in [1.807, 2.05) is 30.3 Å². The molecule has 0 amide bonds. The smallest absolute Gasteiger partial charge is 0.312 e. The number of carbonyl (C=O) groups is 1. The standard InChI is InChI=1S/C17H21O2/c1-16(2)8-9-17(11-14(17)10-16)15(18)19-12-13-6-4-3-5-7-13/h3-7,10,14H,8-9,11-12H2,1-2H3. The summed E-state index contributed by atoms with van der Waals surface area (Å²) in [5, 5.41) is 0. The first-order chi connectivity index (χ1) is 9.02. The summed E-state index contributed by atoms with van der Waals surface area (Å²) < 4.78 is 5.52. The normalized spacial score (nSPS) is 31.4. The molecule has 2 aliphatic rings. The van der Waals surface area contributed by atoms with E-state index in [9.17, 15) is 4.79 Å². The van der Waals surface area contributed by atoms with E-state index >= 15 is 0 Å². The second-order valence-corrected chi connectivity index (χ2v) is 6.68. The van der Waals surface area contributed by atoms with E-state index in [1.165, 1.54) is 0 Å². The van der Waals surface area contributed by atoms with Gasteiger partial charge in [-0.3, -0.25) is 4.79 Å². The maximum Gasteiger partial charge on any atom is 0.312 e. The molecule has 0 aliphatic heterocycles. The van der Waals surface area contributed by atoms with Crippen LogP contribution in [0.2, 0.25) is 0 Å². The van der Waals surface area contributed by atoms with Crippen LogP contribution in [0, 0.1) is 23.2 Å². The van der Waals surface area contributed by atoms with Gasteiger partial charge in [0.15, 0.2) is 0 Å². The van der Waals surface area contributed by atoms with Crippen molar-refractivity contribution in [1.29, 1.82) is 0 Å². The van der Waals surface area contributed by atoms with E-state index in [1.54, 1.807) is 0 Å². The van der Waals surface area contributed by atoms with Crippen LogP contribution in [0.5, 0.6) is 0 Å². The summed E-state index contributed by atoms with van der Waals surface area (Å²) >= 11 is 0. The van der Waals surface area contributed by atoms with Gasteiger partial charge >= 0.3 is 5.97 Å². The molecule has 2 heteroatoms. The van der Waals surface area contributed by atoms with Crippen LogP contribution in [0.15, 0.2) is 30.3 Å². The highest BCUT2D eigenvalue weighted by Crippen LogP contribution is 2.65. The monoisotopic (exact) mass is 257 g/mol. The molecule has 0 aromatic heterocycles. The minimum Gasteiger partial charge on any atom is -0.460 e. The van der Waals surface area contributed by atoms with Gasteiger partial charge in [-0.15, -0.1) is 0 Å². The van der Waals surface area contributed by atoms with Crippen molar-refractivity contribution in [2.45, 2.75) is 39.7 Å². The number of ether oxygens (including phenoxy) is 1. The van der Waals surface area contributed by atoms with E-state index < -0.39 is 0 Å². The van der Waals surface area contributed by atoms with Crippen molar-refractivity contribution in [3.8, 4) is 0 Å². The lowest BCUT2D eigenvalue weighted by atomic mass is 9.73. The summed E-state index contributed by atoms with van der Waals surface area (Å²) in [6.07, 6.45) is 5.42. The summed E-state index contributed by atoms with van der Waals surface area (Å²) in [5.41, 5.74) is 1.17. The molecular weight excluding hydrogens is 236 g/mol. The van der Waals surface area contributed by atoms with Crippen LogP contribution in [-0.2, 0) is 16.1 Å². The number of rotatable bonds is 3. The second kappa shape index (κ2) is 4.36. The Hall–Kier alpha value is -1.31. The van der Waals surface area contributed by atoms with Crippen LogP contribution in [-0.4, -0.2) is 5.97 Å². The molecular formula is C17H21O2. The zero-order valence-corrected chi connectivity index (χ0v) is 11.7. The van der Waals surface area contributed by atoms with Crippen molar-refractivity contribution < 1.29 is 9.53 Å². The SMILES string of the molecule is CC1(C)[CH]C2CC2(C(=O)OCc2ccccc2)CC1. The molecule has 2 aliphatic carbocycles. The first kappa shape index (κ1) is 12.7. The van der Waals surface area contributed by atoms with Gasteiger partial charge < -0.3 is 4.74 Å². The Balaban J connectivity index is 1.58. The summed E-state index contributed by atoms with van der Waals surface area (Å²) in [6, 6.07) is 9.90. The molecule has 101 valence electrons. The van der Waals surface area contributed by atoms with Gasteiger partial charge in [-0.25, -0.2) is 0 Å². The van der Waals surface area contributed by atoms with Gasteiger partial charge in [-0.1, -0.05) is 44.2 Å². The number of benzene rings is 1. The Kier molecular flexibility index (Phi) is 2.92. The Morgan fingerprint density at radius 3 is 2.68 bits per heavy atom. The van der Waals surface area contributed by atoms with Gasteiger partial charge in [0.1, 0.15) is 6.61 Å². The van der Waals surface area contributed by atoms with Crippen LogP contribution in [0.4, 0.5) is 0 Å². The predicted octanol–water partition coefficient (Wildman–Crippen LogP) is 3.76. The number of fused-ring (bicyclic) bond motifs is 1. The third kappa shape index (κ3) is 2.41. The molecule has 1 radical (unpaired) electrons. The van der Waals surface area contributed by atoms with Crippen LogP contribution in [0.1, 0.15) is 38.7 Å². The Morgan fingerprint density at radius 2 is 2.00 bits per heavy atom. The minimum absolute atomic E-state index is 0.00750. The van der Waals surface area contributed by atoms with Gasteiger partial charge in [0, 0.05) is 0 Å². The highest BCUT2D eigenvalue weighted by atomic mass is 16.5. The van der Waals surface area contributed by atoms with Gasteiger partial charge in [-0.05, 0) is 42.6 Å². The molecule has 2 saturated carbocycles. The van der Waals surface area contributed by atoms with E-state index in [0.717, 1.165) is 24.8 Å². The first-order valence-corrected chi connectivity index (χ1v) is 7.09. The van der Waals surface area contributed by atoms with Crippen LogP contribution in [0.25, 0.3) is 0 Å². The van der Waals surface area contributed by atoms with Gasteiger partial charge in [0.2, 0.25) is 0 Å². The lowest BCUT2D eigenvalue weighted by molar-refractivity contribution is -0.153. The van der Waals surface area contributed by atoms with Crippen LogP contribution < -0.4 is 0 Å². The molecule has 2 nitrogen and oxygen atoms in total. The van der Waals surface area contributed by atoms with Gasteiger partial charge in [0.25, 0.3) is 0 Å². The minimum atomic E-state index is -0.176. The molecule has 1 aromatic rings. The maximum atomic E-state index is 12.3. The summed E-state index contributed by atoms with van der Waals surface area (Å²) in [5.74, 6) is 0.452. The lowest BCUT2D eigenvalue weighted by Crippen LogP contribution is -2.30. The fourth-order valence-corrected chi connectivity index (χ4v) is 3.22. The highest BCUT2D eigenvalue weighted by Gasteiger charge is 2.64. The summed E-state index contributed by atoms with van der Waals surface area (Å²) in [6.45, 7) is 4.91. The Bertz CT molecular complexity index is 477. The quantitative estimate of drug-likeness (QED) is 0.771. The third-order valence-corrected chi connectivity index (χ3v) is 4.62. The van der Waals surface area contributed by atoms with E-state index in [4.69, 9.17) is 4.74 Å². The van der Waals surface area contributed by atoms with Crippen molar-refractivity contribution in [3.63, 3.8) is 0 Å². The zero-order valence-electron chi connectivity index (χ0n) is 11.7. The molecule has 0 saturated heterocycles. The maximum absolute atomic E-state index is 12.3. The molecule has 0 spiro atoms. The number of carbonyl (C=O) groups excluding carboxylic acids is 1. The molecule has 1 aromatic carbocycles. The topological polar surface area (TPSA) is 26.3 Å². The third-order valence-electron chi connectivity index (χ3n) is 4.62. The first-order valence-electron chi connectivity index (χ1n) is 7.09. The van der Waals surface area contributed by atoms with Gasteiger partial charge in [0.05, 0.1) is 5.41 Å². The molecule has 19 heavy (non-hydrogen) atoms. The average molecular weight is 257 g/mol. The van der Waals surface area contributed by atoms with Gasteiger partial charge in [-0.2, -0.15) is 0 Å². The van der Waals surface area contributed by atoms with E-state index in [2.05, 4.69) is 20.3 Å². The average Bonchev–Trinajstić information content (AvgIpc) is 3.10. The van der Waals surface area contributed by atoms with E-state index in [-0.39, 0.29) is 16.8 Å². The van der Waals surface area contributed by atoms with Crippen LogP contribution >= 0.6 is 0 Å². The van der Waals surface area contributed by atoms with Crippen molar-refractivity contribution >= 4 is 5.97 Å². The fraction of sp³-hybridized carbons (Fsp3) is 0.529. The molecule has 3 rings (SSSR count). The number of hydrogen-bond donors (Lipinski definition) is 0. The zero-order chi connectivity index (χ0) is 13.5.